The molecule has 2 aromatic carbocycles. The Bertz CT molecular complexity index is 987. The molecule has 0 bridgehead atoms. The van der Waals surface area contributed by atoms with Crippen LogP contribution in [0.3, 0.4) is 0 Å². The molecule has 0 fully saturated rings. The van der Waals surface area contributed by atoms with Crippen LogP contribution in [0.5, 0.6) is 5.75 Å². The van der Waals surface area contributed by atoms with Crippen LogP contribution in [0.15, 0.2) is 53.9 Å². The van der Waals surface area contributed by atoms with E-state index in [1.807, 2.05) is 60.8 Å². The van der Waals surface area contributed by atoms with E-state index >= 15 is 0 Å². The van der Waals surface area contributed by atoms with E-state index in [4.69, 9.17) is 9.47 Å². The molecular weight excluding hydrogens is 386 g/mol. The number of hydrogen-bond acceptors (Lipinski definition) is 6. The fourth-order valence-electron chi connectivity index (χ4n) is 3.35. The first kappa shape index (κ1) is 19.4. The van der Waals surface area contributed by atoms with Crippen LogP contribution in [0.4, 0.5) is 5.69 Å². The monoisotopic (exact) mass is 409 g/mol. The lowest BCUT2D eigenvalue weighted by atomic mass is 10.0. The zero-order valence-electron chi connectivity index (χ0n) is 16.4. The van der Waals surface area contributed by atoms with Crippen molar-refractivity contribution in [3.8, 4) is 5.75 Å². The molecule has 0 saturated carbocycles. The average Bonchev–Trinajstić information content (AvgIpc) is 3.17. The molecule has 2 heterocycles. The Labute approximate surface area is 174 Å². The summed E-state index contributed by atoms with van der Waals surface area (Å²) in [7, 11) is 1.64. The number of aryl methyl sites for hydroxylation is 1. The van der Waals surface area contributed by atoms with E-state index in [1.165, 1.54) is 0 Å². The average molecular weight is 410 g/mol. The maximum atomic E-state index is 13.0. The highest BCUT2D eigenvalue weighted by molar-refractivity contribution is 7.09. The lowest BCUT2D eigenvalue weighted by molar-refractivity contribution is 0.0609. The van der Waals surface area contributed by atoms with Crippen molar-refractivity contribution in [3.63, 3.8) is 0 Å². The Balaban J connectivity index is 1.52. The summed E-state index contributed by atoms with van der Waals surface area (Å²) in [5.41, 5.74) is 3.44. The maximum Gasteiger partial charge on any atom is 0.257 e. The van der Waals surface area contributed by atoms with E-state index < -0.39 is 0 Å². The number of carbonyl (C=O) groups is 1. The number of aromatic nitrogens is 1. The van der Waals surface area contributed by atoms with Crippen molar-refractivity contribution >= 4 is 22.9 Å². The number of nitrogens with one attached hydrogen (secondary N) is 1. The zero-order chi connectivity index (χ0) is 20.2. The number of benzene rings is 2. The minimum Gasteiger partial charge on any atom is -0.487 e. The van der Waals surface area contributed by atoms with Crippen molar-refractivity contribution in [3.05, 3.63) is 75.7 Å². The van der Waals surface area contributed by atoms with Crippen molar-refractivity contribution in [1.82, 2.24) is 9.88 Å². The fourth-order valence-corrected chi connectivity index (χ4v) is 3.95. The minimum absolute atomic E-state index is 0.000582. The molecule has 0 spiro atoms. The van der Waals surface area contributed by atoms with Gasteiger partial charge in [-0.3, -0.25) is 4.79 Å². The van der Waals surface area contributed by atoms with E-state index in [0.29, 0.717) is 25.3 Å². The van der Waals surface area contributed by atoms with Crippen LogP contribution in [-0.2, 0) is 11.3 Å². The van der Waals surface area contributed by atoms with Crippen molar-refractivity contribution in [1.29, 1.82) is 0 Å². The Morgan fingerprint density at radius 1 is 1.17 bits per heavy atom. The quantitative estimate of drug-likeness (QED) is 0.632. The van der Waals surface area contributed by atoms with Gasteiger partial charge in [0.25, 0.3) is 5.91 Å². The summed E-state index contributed by atoms with van der Waals surface area (Å²) in [4.78, 5) is 19.3. The summed E-state index contributed by atoms with van der Waals surface area (Å²) >= 11 is 1.62. The zero-order valence-corrected chi connectivity index (χ0v) is 17.2. The molecule has 0 saturated heterocycles. The number of hydrogen-bond donors (Lipinski definition) is 1. The van der Waals surface area contributed by atoms with Crippen LogP contribution >= 0.6 is 11.3 Å². The van der Waals surface area contributed by atoms with Gasteiger partial charge in [0.05, 0.1) is 22.9 Å². The Morgan fingerprint density at radius 2 is 1.97 bits per heavy atom. The Kier molecular flexibility index (Phi) is 5.78. The van der Waals surface area contributed by atoms with Gasteiger partial charge in [-0.25, -0.2) is 4.98 Å². The summed E-state index contributed by atoms with van der Waals surface area (Å²) < 4.78 is 11.1. The lowest BCUT2D eigenvalue weighted by Crippen LogP contribution is -2.44. The van der Waals surface area contributed by atoms with Crippen LogP contribution in [0, 0.1) is 6.92 Å². The molecule has 1 aliphatic heterocycles. The van der Waals surface area contributed by atoms with Crippen molar-refractivity contribution < 1.29 is 14.3 Å². The predicted octanol–water partition coefficient (Wildman–Crippen LogP) is 4.24. The van der Waals surface area contributed by atoms with E-state index in [2.05, 4.69) is 10.3 Å². The number of methoxy groups -OCH3 is 1. The fraction of sp³-hybridized carbons (Fsp3) is 0.273. The van der Waals surface area contributed by atoms with Crippen LogP contribution in [-0.4, -0.2) is 36.1 Å². The van der Waals surface area contributed by atoms with Gasteiger partial charge in [-0.1, -0.05) is 24.3 Å². The van der Waals surface area contributed by atoms with Crippen LogP contribution in [0.25, 0.3) is 0 Å². The molecule has 6 nitrogen and oxygen atoms in total. The Hall–Kier alpha value is -2.90. The summed E-state index contributed by atoms with van der Waals surface area (Å²) in [6.45, 7) is 3.40. The van der Waals surface area contributed by atoms with Crippen LogP contribution in [0.2, 0.25) is 0 Å². The first-order valence-corrected chi connectivity index (χ1v) is 10.3. The second-order valence-electron chi connectivity index (χ2n) is 6.80. The molecule has 4 rings (SSSR count). The molecule has 1 N–H and O–H groups in total. The molecule has 0 radical (unpaired) electrons. The molecule has 1 aromatic heterocycles. The molecule has 0 unspecified atom stereocenters. The minimum atomic E-state index is -0.261. The number of anilines is 1. The van der Waals surface area contributed by atoms with Crippen molar-refractivity contribution in [2.75, 3.05) is 25.6 Å². The SMILES string of the molecule is COCCN1C(=O)c2ccccc2N[C@@H]1c1ccc(OCc2csc(C)n2)cc1. The second-order valence-corrected chi connectivity index (χ2v) is 7.86. The summed E-state index contributed by atoms with van der Waals surface area (Å²) in [5.74, 6) is 0.769. The number of rotatable bonds is 7. The van der Waals surface area contributed by atoms with Gasteiger partial charge in [0, 0.05) is 24.7 Å². The molecular formula is C22H23N3O3S. The number of carbonyl (C=O) groups excluding carboxylic acids is 1. The van der Waals surface area contributed by atoms with E-state index in [9.17, 15) is 4.79 Å². The highest BCUT2D eigenvalue weighted by Crippen LogP contribution is 2.33. The van der Waals surface area contributed by atoms with Gasteiger partial charge in [-0.15, -0.1) is 11.3 Å². The van der Waals surface area contributed by atoms with Gasteiger partial charge in [0.2, 0.25) is 0 Å². The van der Waals surface area contributed by atoms with Gasteiger partial charge in [-0.05, 0) is 36.8 Å². The lowest BCUT2D eigenvalue weighted by Gasteiger charge is -2.38. The second kappa shape index (κ2) is 8.63. The standard InChI is InChI=1S/C22H23N3O3S/c1-15-23-17(14-29-15)13-28-18-9-7-16(8-10-18)21-24-20-6-4-3-5-19(20)22(26)25(21)11-12-27-2/h3-10,14,21,24H,11-13H2,1-2H3/t21-/m0/s1. The van der Waals surface area contributed by atoms with Gasteiger partial charge in [-0.2, -0.15) is 0 Å². The molecule has 1 amide bonds. The molecule has 150 valence electrons. The van der Waals surface area contributed by atoms with Crippen molar-refractivity contribution in [2.45, 2.75) is 19.7 Å². The third-order valence-electron chi connectivity index (χ3n) is 4.81. The molecule has 1 atom stereocenters. The highest BCUT2D eigenvalue weighted by atomic mass is 32.1. The van der Waals surface area contributed by atoms with Crippen molar-refractivity contribution in [2.24, 2.45) is 0 Å². The summed E-state index contributed by atoms with van der Waals surface area (Å²) in [6.07, 6.45) is -0.261. The number of para-hydroxylation sites is 1. The first-order chi connectivity index (χ1) is 14.2. The maximum absolute atomic E-state index is 13.0. The van der Waals surface area contributed by atoms with E-state index in [1.54, 1.807) is 23.3 Å². The van der Waals surface area contributed by atoms with Gasteiger partial charge >= 0.3 is 0 Å². The molecule has 3 aromatic rings. The largest absolute Gasteiger partial charge is 0.487 e. The third-order valence-corrected chi connectivity index (χ3v) is 5.63. The number of ether oxygens (including phenoxy) is 2. The molecule has 29 heavy (non-hydrogen) atoms. The Morgan fingerprint density at radius 3 is 2.69 bits per heavy atom. The van der Waals surface area contributed by atoms with E-state index in [-0.39, 0.29) is 12.1 Å². The number of thiazole rings is 1. The van der Waals surface area contributed by atoms with Gasteiger partial charge < -0.3 is 19.7 Å². The number of amides is 1. The topological polar surface area (TPSA) is 63.7 Å². The van der Waals surface area contributed by atoms with Gasteiger partial charge in [0.15, 0.2) is 0 Å². The normalized spacial score (nSPS) is 15.7. The van der Waals surface area contributed by atoms with E-state index in [0.717, 1.165) is 27.7 Å². The predicted molar refractivity (Wildman–Crippen MR) is 113 cm³/mol. The summed E-state index contributed by atoms with van der Waals surface area (Å²) in [6, 6.07) is 15.4. The first-order valence-electron chi connectivity index (χ1n) is 9.45. The molecule has 7 heteroatoms. The third kappa shape index (κ3) is 4.26. The van der Waals surface area contributed by atoms with Gasteiger partial charge in [0.1, 0.15) is 18.5 Å². The molecule has 0 aliphatic carbocycles. The number of fused-ring (bicyclic) bond motifs is 1. The highest BCUT2D eigenvalue weighted by Gasteiger charge is 2.32. The number of nitrogens with zero attached hydrogens (tertiary/aromatic N) is 2. The summed E-state index contributed by atoms with van der Waals surface area (Å²) in [5, 5.41) is 6.52. The molecule has 1 aliphatic rings. The smallest absolute Gasteiger partial charge is 0.257 e. The van der Waals surface area contributed by atoms with Crippen LogP contribution < -0.4 is 10.1 Å². The van der Waals surface area contributed by atoms with Crippen LogP contribution in [0.1, 0.15) is 32.8 Å².